The highest BCUT2D eigenvalue weighted by Gasteiger charge is 2.31. The Morgan fingerprint density at radius 2 is 2.20 bits per heavy atom. The van der Waals surface area contributed by atoms with E-state index in [9.17, 15) is 13.6 Å². The SMILES string of the molecule is COC(=O)c1nc(Cl)c(C2CC2)nc1Nc1cn(CC(F)F)nc1C. The Bertz CT molecular complexity index is 807. The van der Waals surface area contributed by atoms with E-state index < -0.39 is 18.9 Å². The summed E-state index contributed by atoms with van der Waals surface area (Å²) in [5.41, 5.74) is 1.47. The molecule has 1 saturated carbocycles. The number of methoxy groups -OCH3 is 1. The van der Waals surface area contributed by atoms with Gasteiger partial charge in [0.2, 0.25) is 0 Å². The van der Waals surface area contributed by atoms with Crippen molar-refractivity contribution in [2.75, 3.05) is 12.4 Å². The van der Waals surface area contributed by atoms with Gasteiger partial charge in [0.15, 0.2) is 16.7 Å². The molecule has 0 unspecified atom stereocenters. The van der Waals surface area contributed by atoms with Crippen molar-refractivity contribution in [3.63, 3.8) is 0 Å². The van der Waals surface area contributed by atoms with E-state index in [0.29, 0.717) is 17.1 Å². The molecular weight excluding hydrogens is 356 g/mol. The number of hydrogen-bond donors (Lipinski definition) is 1. The van der Waals surface area contributed by atoms with Gasteiger partial charge >= 0.3 is 5.97 Å². The minimum Gasteiger partial charge on any atom is -0.464 e. The average molecular weight is 372 g/mol. The Balaban J connectivity index is 1.96. The number of carbonyl (C=O) groups is 1. The normalized spacial score (nSPS) is 14.0. The average Bonchev–Trinajstić information content (AvgIpc) is 3.33. The number of alkyl halides is 2. The predicted octanol–water partition coefficient (Wildman–Crippen LogP) is 3.31. The molecule has 0 spiro atoms. The second kappa shape index (κ2) is 6.91. The highest BCUT2D eigenvalue weighted by Crippen LogP contribution is 2.42. The molecule has 1 N–H and O–H groups in total. The van der Waals surface area contributed by atoms with Crippen molar-refractivity contribution in [1.29, 1.82) is 0 Å². The van der Waals surface area contributed by atoms with Gasteiger partial charge in [0.05, 0.1) is 24.2 Å². The second-order valence-corrected chi connectivity index (χ2v) is 6.09. The van der Waals surface area contributed by atoms with Crippen LogP contribution < -0.4 is 5.32 Å². The van der Waals surface area contributed by atoms with Crippen molar-refractivity contribution in [2.45, 2.75) is 38.7 Å². The summed E-state index contributed by atoms with van der Waals surface area (Å²) >= 11 is 6.12. The van der Waals surface area contributed by atoms with Gasteiger partial charge in [0, 0.05) is 12.1 Å². The molecule has 0 aromatic carbocycles. The van der Waals surface area contributed by atoms with Gasteiger partial charge in [0.1, 0.15) is 6.54 Å². The largest absolute Gasteiger partial charge is 0.464 e. The molecule has 0 saturated heterocycles. The van der Waals surface area contributed by atoms with Gasteiger partial charge in [-0.3, -0.25) is 4.68 Å². The molecule has 7 nitrogen and oxygen atoms in total. The van der Waals surface area contributed by atoms with Crippen LogP contribution in [0.3, 0.4) is 0 Å². The summed E-state index contributed by atoms with van der Waals surface area (Å²) in [6.45, 7) is 1.14. The summed E-state index contributed by atoms with van der Waals surface area (Å²) in [6.07, 6.45) is 0.818. The minimum atomic E-state index is -2.52. The first kappa shape index (κ1) is 17.5. The maximum absolute atomic E-state index is 12.5. The van der Waals surface area contributed by atoms with Crippen LogP contribution in [0.15, 0.2) is 6.20 Å². The maximum Gasteiger partial charge on any atom is 0.360 e. The zero-order chi connectivity index (χ0) is 18.1. The Morgan fingerprint density at radius 3 is 2.80 bits per heavy atom. The van der Waals surface area contributed by atoms with E-state index >= 15 is 0 Å². The highest BCUT2D eigenvalue weighted by atomic mass is 35.5. The number of aryl methyl sites for hydroxylation is 1. The lowest BCUT2D eigenvalue weighted by atomic mass is 10.3. The van der Waals surface area contributed by atoms with Crippen LogP contribution in [0, 0.1) is 6.92 Å². The Labute approximate surface area is 147 Å². The van der Waals surface area contributed by atoms with E-state index in [4.69, 9.17) is 16.3 Å². The maximum atomic E-state index is 12.5. The standard InChI is InChI=1S/C15H16ClF2N5O2/c1-7-9(5-23(22-7)6-10(17)18)19-14-12(15(24)25-2)20-13(16)11(21-14)8-3-4-8/h5,8,10H,3-4,6H2,1-2H3,(H,19,21). The van der Waals surface area contributed by atoms with Crippen LogP contribution in [0.1, 0.15) is 40.6 Å². The monoisotopic (exact) mass is 371 g/mol. The molecular formula is C15H16ClF2N5O2. The molecule has 0 radical (unpaired) electrons. The zero-order valence-corrected chi connectivity index (χ0v) is 14.3. The van der Waals surface area contributed by atoms with Gasteiger partial charge in [-0.25, -0.2) is 23.5 Å². The van der Waals surface area contributed by atoms with E-state index in [2.05, 4.69) is 20.4 Å². The first-order valence-corrected chi connectivity index (χ1v) is 8.01. The van der Waals surface area contributed by atoms with Crippen molar-refractivity contribution in [3.8, 4) is 0 Å². The highest BCUT2D eigenvalue weighted by molar-refractivity contribution is 6.30. The van der Waals surface area contributed by atoms with E-state index in [-0.39, 0.29) is 22.6 Å². The molecule has 0 aliphatic heterocycles. The predicted molar refractivity (Wildman–Crippen MR) is 86.6 cm³/mol. The van der Waals surface area contributed by atoms with Gasteiger partial charge in [0.25, 0.3) is 6.43 Å². The minimum absolute atomic E-state index is 0.0714. The number of anilines is 2. The number of rotatable bonds is 6. The Kier molecular flexibility index (Phi) is 4.85. The number of halogens is 3. The number of nitrogens with zero attached hydrogens (tertiary/aromatic N) is 4. The third-order valence-electron chi connectivity index (χ3n) is 3.75. The molecule has 2 aromatic heterocycles. The fraction of sp³-hybridized carbons (Fsp3) is 0.467. The van der Waals surface area contributed by atoms with Crippen LogP contribution in [0.25, 0.3) is 0 Å². The first-order chi connectivity index (χ1) is 11.9. The fourth-order valence-corrected chi connectivity index (χ4v) is 2.65. The topological polar surface area (TPSA) is 81.9 Å². The smallest absolute Gasteiger partial charge is 0.360 e. The molecule has 3 rings (SSSR count). The van der Waals surface area contributed by atoms with Gasteiger partial charge in [-0.1, -0.05) is 11.6 Å². The summed E-state index contributed by atoms with van der Waals surface area (Å²) in [5, 5.41) is 7.12. The van der Waals surface area contributed by atoms with Crippen molar-refractivity contribution < 1.29 is 18.3 Å². The van der Waals surface area contributed by atoms with E-state index in [0.717, 1.165) is 17.5 Å². The molecule has 1 aliphatic rings. The number of esters is 1. The third-order valence-corrected chi connectivity index (χ3v) is 4.02. The van der Waals surface area contributed by atoms with Gasteiger partial charge < -0.3 is 10.1 Å². The lowest BCUT2D eigenvalue weighted by molar-refractivity contribution is 0.0594. The Morgan fingerprint density at radius 1 is 1.48 bits per heavy atom. The fourth-order valence-electron chi connectivity index (χ4n) is 2.37. The van der Waals surface area contributed by atoms with Crippen LogP contribution >= 0.6 is 11.6 Å². The number of ether oxygens (including phenoxy) is 1. The molecule has 2 aromatic rings. The lowest BCUT2D eigenvalue weighted by Crippen LogP contribution is -2.12. The van der Waals surface area contributed by atoms with Crippen LogP contribution in [-0.4, -0.2) is 39.3 Å². The summed E-state index contributed by atoms with van der Waals surface area (Å²) in [7, 11) is 1.22. The van der Waals surface area contributed by atoms with Crippen molar-refractivity contribution in [2.24, 2.45) is 0 Å². The molecule has 0 bridgehead atoms. The molecule has 0 atom stereocenters. The summed E-state index contributed by atoms with van der Waals surface area (Å²) in [4.78, 5) is 20.5. The molecule has 10 heteroatoms. The number of hydrogen-bond acceptors (Lipinski definition) is 6. The molecule has 25 heavy (non-hydrogen) atoms. The van der Waals surface area contributed by atoms with Gasteiger partial charge in [-0.2, -0.15) is 5.10 Å². The molecule has 1 aliphatic carbocycles. The van der Waals surface area contributed by atoms with Crippen LogP contribution in [0.2, 0.25) is 5.15 Å². The molecule has 2 heterocycles. The zero-order valence-electron chi connectivity index (χ0n) is 13.6. The van der Waals surface area contributed by atoms with Crippen LogP contribution in [-0.2, 0) is 11.3 Å². The lowest BCUT2D eigenvalue weighted by Gasteiger charge is -2.11. The number of carbonyl (C=O) groups excluding carboxylic acids is 1. The van der Waals surface area contributed by atoms with E-state index in [1.54, 1.807) is 6.92 Å². The van der Waals surface area contributed by atoms with Crippen LogP contribution in [0.4, 0.5) is 20.3 Å². The summed E-state index contributed by atoms with van der Waals surface area (Å²) in [5.74, 6) is -0.315. The van der Waals surface area contributed by atoms with Crippen molar-refractivity contribution in [3.05, 3.63) is 28.4 Å². The van der Waals surface area contributed by atoms with Gasteiger partial charge in [-0.05, 0) is 19.8 Å². The molecule has 0 amide bonds. The third kappa shape index (κ3) is 3.87. The van der Waals surface area contributed by atoms with Crippen LogP contribution in [0.5, 0.6) is 0 Å². The van der Waals surface area contributed by atoms with E-state index in [1.807, 2.05) is 0 Å². The first-order valence-electron chi connectivity index (χ1n) is 7.64. The van der Waals surface area contributed by atoms with Crippen molar-refractivity contribution in [1.82, 2.24) is 19.7 Å². The van der Waals surface area contributed by atoms with Crippen molar-refractivity contribution >= 4 is 29.1 Å². The van der Waals surface area contributed by atoms with E-state index in [1.165, 1.54) is 13.3 Å². The summed E-state index contributed by atoms with van der Waals surface area (Å²) < 4.78 is 30.9. The quantitative estimate of drug-likeness (QED) is 0.784. The molecule has 134 valence electrons. The second-order valence-electron chi connectivity index (χ2n) is 5.73. The molecule has 1 fully saturated rings. The Hall–Kier alpha value is -2.29. The van der Waals surface area contributed by atoms with Gasteiger partial charge in [-0.15, -0.1) is 0 Å². The summed E-state index contributed by atoms with van der Waals surface area (Å²) in [6, 6.07) is 0. The number of aromatic nitrogens is 4. The number of nitrogens with one attached hydrogen (secondary N) is 1.